The van der Waals surface area contributed by atoms with Crippen LogP contribution in [-0.4, -0.2) is 21.8 Å². The summed E-state index contributed by atoms with van der Waals surface area (Å²) in [7, 11) is 1.49. The van der Waals surface area contributed by atoms with Gasteiger partial charge in [-0.25, -0.2) is 8.78 Å². The number of ether oxygens (including phenoxy) is 1. The minimum atomic E-state index is -0.865. The summed E-state index contributed by atoms with van der Waals surface area (Å²) >= 11 is 0. The fraction of sp³-hybridized carbons (Fsp3) is 0.273. The highest BCUT2D eigenvalue weighted by atomic mass is 19.1. The monoisotopic (exact) mass is 254 g/mol. The second-order valence-corrected chi connectivity index (χ2v) is 3.49. The molecule has 2 heterocycles. The predicted octanol–water partition coefficient (Wildman–Crippen LogP) is 2.41. The van der Waals surface area contributed by atoms with E-state index in [9.17, 15) is 8.78 Å². The number of anilines is 1. The van der Waals surface area contributed by atoms with Gasteiger partial charge in [-0.2, -0.15) is 10.1 Å². The summed E-state index contributed by atoms with van der Waals surface area (Å²) in [6.45, 7) is 2.58. The summed E-state index contributed by atoms with van der Waals surface area (Å²) in [5, 5.41) is 6.48. The maximum Gasteiger partial charge on any atom is 0.258 e. The average Bonchev–Trinajstić information content (AvgIpc) is 2.80. The molecule has 0 atom stereocenters. The van der Waals surface area contributed by atoms with E-state index in [0.717, 1.165) is 6.07 Å². The van der Waals surface area contributed by atoms with E-state index in [2.05, 4.69) is 15.4 Å². The highest BCUT2D eigenvalue weighted by molar-refractivity contribution is 5.39. The summed E-state index contributed by atoms with van der Waals surface area (Å²) in [5.41, 5.74) is 0. The van der Waals surface area contributed by atoms with Crippen molar-refractivity contribution in [2.24, 2.45) is 0 Å². The van der Waals surface area contributed by atoms with Crippen LogP contribution in [0.15, 0.2) is 18.5 Å². The molecular formula is C11H12F2N4O. The largest absolute Gasteiger partial charge is 0.433 e. The number of nitrogens with one attached hydrogen (secondary N) is 1. The third-order valence-corrected chi connectivity index (χ3v) is 2.28. The first-order chi connectivity index (χ1) is 8.63. The van der Waals surface area contributed by atoms with E-state index in [-0.39, 0.29) is 11.7 Å². The number of hydrogen-bond acceptors (Lipinski definition) is 4. The third kappa shape index (κ3) is 2.39. The summed E-state index contributed by atoms with van der Waals surface area (Å²) in [6, 6.07) is 0.721. The van der Waals surface area contributed by atoms with Crippen LogP contribution in [0.4, 0.5) is 14.6 Å². The lowest BCUT2D eigenvalue weighted by atomic mass is 10.4. The topological polar surface area (TPSA) is 52.0 Å². The molecule has 0 saturated carbocycles. The first kappa shape index (κ1) is 12.3. The molecule has 0 fully saturated rings. The first-order valence-electron chi connectivity index (χ1n) is 5.38. The summed E-state index contributed by atoms with van der Waals surface area (Å²) < 4.78 is 33.5. The minimum Gasteiger partial charge on any atom is -0.433 e. The Morgan fingerprint density at radius 2 is 2.17 bits per heavy atom. The summed E-state index contributed by atoms with van der Waals surface area (Å²) in [6.07, 6.45) is 3.04. The van der Waals surface area contributed by atoms with Gasteiger partial charge in [0.15, 0.2) is 23.2 Å². The van der Waals surface area contributed by atoms with Crippen molar-refractivity contribution in [3.8, 4) is 11.6 Å². The SMILES string of the molecule is CCn1cc(Oc2nc(NC)c(F)cc2F)cn1. The third-order valence-electron chi connectivity index (χ3n) is 2.28. The fourth-order valence-electron chi connectivity index (χ4n) is 1.38. The minimum absolute atomic E-state index is 0.0747. The Morgan fingerprint density at radius 3 is 2.78 bits per heavy atom. The maximum absolute atomic E-state index is 13.5. The van der Waals surface area contributed by atoms with Gasteiger partial charge >= 0.3 is 0 Å². The lowest BCUT2D eigenvalue weighted by molar-refractivity contribution is 0.417. The van der Waals surface area contributed by atoms with Gasteiger partial charge in [0, 0.05) is 19.7 Å². The van der Waals surface area contributed by atoms with Crippen LogP contribution in [0.1, 0.15) is 6.92 Å². The molecule has 0 aromatic carbocycles. The zero-order chi connectivity index (χ0) is 13.1. The van der Waals surface area contributed by atoms with Gasteiger partial charge in [0.1, 0.15) is 0 Å². The normalized spacial score (nSPS) is 10.4. The van der Waals surface area contributed by atoms with Crippen molar-refractivity contribution in [2.75, 3.05) is 12.4 Å². The zero-order valence-electron chi connectivity index (χ0n) is 9.94. The first-order valence-corrected chi connectivity index (χ1v) is 5.38. The standard InChI is InChI=1S/C11H12F2N4O/c1-3-17-6-7(5-15-17)18-11-9(13)4-8(12)10(14-2)16-11/h4-6H,3H2,1-2H3,(H,14,16). The molecule has 2 aromatic rings. The Balaban J connectivity index is 2.28. The van der Waals surface area contributed by atoms with E-state index < -0.39 is 11.6 Å². The van der Waals surface area contributed by atoms with Crippen LogP contribution in [0.25, 0.3) is 0 Å². The molecule has 5 nitrogen and oxygen atoms in total. The van der Waals surface area contributed by atoms with Gasteiger partial charge in [0.05, 0.1) is 12.4 Å². The zero-order valence-corrected chi connectivity index (χ0v) is 9.94. The second-order valence-electron chi connectivity index (χ2n) is 3.49. The molecule has 0 aliphatic carbocycles. The van der Waals surface area contributed by atoms with Gasteiger partial charge in [-0.05, 0) is 6.92 Å². The van der Waals surface area contributed by atoms with E-state index in [1.807, 2.05) is 6.92 Å². The van der Waals surface area contributed by atoms with Crippen LogP contribution in [0.3, 0.4) is 0 Å². The van der Waals surface area contributed by atoms with Crippen LogP contribution in [0.2, 0.25) is 0 Å². The lowest BCUT2D eigenvalue weighted by Gasteiger charge is -2.06. The van der Waals surface area contributed by atoms with Crippen molar-refractivity contribution in [1.29, 1.82) is 0 Å². The number of nitrogens with zero attached hydrogens (tertiary/aromatic N) is 3. The van der Waals surface area contributed by atoms with Gasteiger partial charge in [-0.3, -0.25) is 4.68 Å². The molecule has 0 unspecified atom stereocenters. The van der Waals surface area contributed by atoms with E-state index >= 15 is 0 Å². The molecule has 0 radical (unpaired) electrons. The van der Waals surface area contributed by atoms with E-state index in [1.54, 1.807) is 10.9 Å². The van der Waals surface area contributed by atoms with Gasteiger partial charge in [-0.1, -0.05) is 0 Å². The Labute approximate surface area is 102 Å². The Kier molecular flexibility index (Phi) is 3.40. The van der Waals surface area contributed by atoms with Gasteiger partial charge < -0.3 is 10.1 Å². The van der Waals surface area contributed by atoms with Gasteiger partial charge in [0.25, 0.3) is 5.88 Å². The van der Waals surface area contributed by atoms with Crippen molar-refractivity contribution in [2.45, 2.75) is 13.5 Å². The molecule has 7 heteroatoms. The van der Waals surface area contributed by atoms with Crippen molar-refractivity contribution in [3.05, 3.63) is 30.1 Å². The molecule has 0 amide bonds. The van der Waals surface area contributed by atoms with Crippen LogP contribution < -0.4 is 10.1 Å². The highest BCUT2D eigenvalue weighted by Crippen LogP contribution is 2.25. The van der Waals surface area contributed by atoms with E-state index in [4.69, 9.17) is 4.74 Å². The smallest absolute Gasteiger partial charge is 0.258 e. The Hall–Kier alpha value is -2.18. The number of pyridine rings is 1. The quantitative estimate of drug-likeness (QED) is 0.910. The lowest BCUT2D eigenvalue weighted by Crippen LogP contribution is -2.00. The van der Waals surface area contributed by atoms with Crippen LogP contribution in [-0.2, 0) is 6.54 Å². The molecule has 0 saturated heterocycles. The molecule has 0 aliphatic rings. The maximum atomic E-state index is 13.5. The molecular weight excluding hydrogens is 242 g/mol. The van der Waals surface area contributed by atoms with Crippen LogP contribution in [0, 0.1) is 11.6 Å². The van der Waals surface area contributed by atoms with Crippen molar-refractivity contribution in [1.82, 2.24) is 14.8 Å². The number of aryl methyl sites for hydroxylation is 1. The van der Waals surface area contributed by atoms with E-state index in [0.29, 0.717) is 12.3 Å². The fourth-order valence-corrected chi connectivity index (χ4v) is 1.38. The molecule has 18 heavy (non-hydrogen) atoms. The summed E-state index contributed by atoms with van der Waals surface area (Å²) in [5.74, 6) is -1.66. The van der Waals surface area contributed by atoms with Gasteiger partial charge in [0.2, 0.25) is 0 Å². The molecule has 1 N–H and O–H groups in total. The van der Waals surface area contributed by atoms with Crippen molar-refractivity contribution >= 4 is 5.82 Å². The van der Waals surface area contributed by atoms with Gasteiger partial charge in [-0.15, -0.1) is 0 Å². The Morgan fingerprint density at radius 1 is 1.39 bits per heavy atom. The second kappa shape index (κ2) is 4.99. The average molecular weight is 254 g/mol. The van der Waals surface area contributed by atoms with Crippen LogP contribution >= 0.6 is 0 Å². The number of hydrogen-bond donors (Lipinski definition) is 1. The number of halogens is 2. The molecule has 0 spiro atoms. The van der Waals surface area contributed by atoms with Crippen molar-refractivity contribution in [3.63, 3.8) is 0 Å². The Bertz CT molecular complexity index is 556. The highest BCUT2D eigenvalue weighted by Gasteiger charge is 2.13. The molecule has 96 valence electrons. The molecule has 2 aromatic heterocycles. The molecule has 2 rings (SSSR count). The van der Waals surface area contributed by atoms with E-state index in [1.165, 1.54) is 13.2 Å². The number of rotatable bonds is 4. The molecule has 0 aliphatic heterocycles. The van der Waals surface area contributed by atoms with Crippen LogP contribution in [0.5, 0.6) is 11.6 Å². The van der Waals surface area contributed by atoms with Crippen molar-refractivity contribution < 1.29 is 13.5 Å². The summed E-state index contributed by atoms with van der Waals surface area (Å²) in [4.78, 5) is 3.70. The molecule has 0 bridgehead atoms. The number of aromatic nitrogens is 3. The predicted molar refractivity (Wildman–Crippen MR) is 61.7 cm³/mol.